The van der Waals surface area contributed by atoms with Crippen LogP contribution in [0.3, 0.4) is 0 Å². The van der Waals surface area contributed by atoms with Crippen molar-refractivity contribution in [2.24, 2.45) is 0 Å². The molecule has 1 fully saturated rings. The van der Waals surface area contributed by atoms with Crippen LogP contribution in [-0.4, -0.2) is 38.8 Å². The van der Waals surface area contributed by atoms with Crippen molar-refractivity contribution in [3.63, 3.8) is 0 Å². The second kappa shape index (κ2) is 10.2. The molecule has 1 amide bonds. The SMILES string of the molecule is Cc1ccc(Oc2ccc(OCC(=O)Nc3ccc(N4CCOCC4)cc3C)cc2)cc1. The maximum atomic E-state index is 12.4. The van der Waals surface area contributed by atoms with Crippen molar-refractivity contribution in [1.29, 1.82) is 0 Å². The second-order valence-corrected chi connectivity index (χ2v) is 7.82. The molecule has 0 bridgehead atoms. The number of anilines is 2. The van der Waals surface area contributed by atoms with E-state index in [9.17, 15) is 4.79 Å². The Hall–Kier alpha value is -3.51. The van der Waals surface area contributed by atoms with Gasteiger partial charge in [-0.25, -0.2) is 0 Å². The van der Waals surface area contributed by atoms with Crippen molar-refractivity contribution in [2.75, 3.05) is 43.1 Å². The Morgan fingerprint density at radius 3 is 2.19 bits per heavy atom. The molecular formula is C26H28N2O4. The summed E-state index contributed by atoms with van der Waals surface area (Å²) >= 11 is 0. The quantitative estimate of drug-likeness (QED) is 0.572. The van der Waals surface area contributed by atoms with E-state index in [0.29, 0.717) is 11.5 Å². The van der Waals surface area contributed by atoms with Crippen LogP contribution >= 0.6 is 0 Å². The second-order valence-electron chi connectivity index (χ2n) is 7.82. The van der Waals surface area contributed by atoms with E-state index in [1.54, 1.807) is 12.1 Å². The van der Waals surface area contributed by atoms with E-state index in [-0.39, 0.29) is 12.5 Å². The van der Waals surface area contributed by atoms with Crippen LogP contribution in [0.25, 0.3) is 0 Å². The number of rotatable bonds is 7. The summed E-state index contributed by atoms with van der Waals surface area (Å²) in [6.07, 6.45) is 0. The first-order chi connectivity index (χ1) is 15.6. The standard InChI is InChI=1S/C26H28N2O4/c1-19-3-6-23(7-4-19)32-24-10-8-22(9-11-24)31-18-26(29)27-25-12-5-21(17-20(25)2)28-13-15-30-16-14-28/h3-12,17H,13-16,18H2,1-2H3,(H,27,29). The van der Waals surface area contributed by atoms with Crippen molar-refractivity contribution in [3.05, 3.63) is 77.9 Å². The van der Waals surface area contributed by atoms with Crippen LogP contribution in [0, 0.1) is 13.8 Å². The lowest BCUT2D eigenvalue weighted by atomic mass is 10.1. The van der Waals surface area contributed by atoms with Crippen molar-refractivity contribution in [1.82, 2.24) is 0 Å². The number of ether oxygens (including phenoxy) is 3. The largest absolute Gasteiger partial charge is 0.484 e. The molecule has 0 unspecified atom stereocenters. The number of nitrogens with one attached hydrogen (secondary N) is 1. The molecule has 1 aliphatic rings. The average Bonchev–Trinajstić information content (AvgIpc) is 2.82. The van der Waals surface area contributed by atoms with Gasteiger partial charge in [-0.1, -0.05) is 17.7 Å². The highest BCUT2D eigenvalue weighted by atomic mass is 16.5. The zero-order valence-corrected chi connectivity index (χ0v) is 18.5. The first-order valence-corrected chi connectivity index (χ1v) is 10.8. The van der Waals surface area contributed by atoms with Gasteiger partial charge in [-0.3, -0.25) is 4.79 Å². The van der Waals surface area contributed by atoms with Crippen LogP contribution < -0.4 is 19.7 Å². The average molecular weight is 433 g/mol. The van der Waals surface area contributed by atoms with E-state index in [4.69, 9.17) is 14.2 Å². The lowest BCUT2D eigenvalue weighted by molar-refractivity contribution is -0.118. The van der Waals surface area contributed by atoms with Crippen LogP contribution in [0.4, 0.5) is 11.4 Å². The predicted octanol–water partition coefficient (Wildman–Crippen LogP) is 4.95. The maximum Gasteiger partial charge on any atom is 0.262 e. The molecule has 0 aromatic heterocycles. The summed E-state index contributed by atoms with van der Waals surface area (Å²) in [5, 5.41) is 2.93. The summed E-state index contributed by atoms with van der Waals surface area (Å²) in [6.45, 7) is 7.22. The molecule has 1 heterocycles. The molecule has 4 rings (SSSR count). The highest BCUT2D eigenvalue weighted by Crippen LogP contribution is 2.25. The fraction of sp³-hybridized carbons (Fsp3) is 0.269. The van der Waals surface area contributed by atoms with Gasteiger partial charge in [0.05, 0.1) is 13.2 Å². The monoisotopic (exact) mass is 432 g/mol. The molecule has 1 N–H and O–H groups in total. The minimum Gasteiger partial charge on any atom is -0.484 e. The number of hydrogen-bond donors (Lipinski definition) is 1. The Morgan fingerprint density at radius 1 is 0.906 bits per heavy atom. The number of benzene rings is 3. The first-order valence-electron chi connectivity index (χ1n) is 10.8. The fourth-order valence-electron chi connectivity index (χ4n) is 3.49. The van der Waals surface area contributed by atoms with Gasteiger partial charge in [0.25, 0.3) is 5.91 Å². The summed E-state index contributed by atoms with van der Waals surface area (Å²) < 4.78 is 16.9. The Kier molecular flexibility index (Phi) is 6.92. The smallest absolute Gasteiger partial charge is 0.262 e. The third kappa shape index (κ3) is 5.80. The molecule has 166 valence electrons. The number of carbonyl (C=O) groups excluding carboxylic acids is 1. The summed E-state index contributed by atoms with van der Waals surface area (Å²) in [6, 6.07) is 21.2. The van der Waals surface area contributed by atoms with Crippen molar-refractivity contribution < 1.29 is 19.0 Å². The normalized spacial score (nSPS) is 13.5. The van der Waals surface area contributed by atoms with E-state index in [1.165, 1.54) is 5.56 Å². The van der Waals surface area contributed by atoms with Gasteiger partial charge in [0.15, 0.2) is 6.61 Å². The van der Waals surface area contributed by atoms with Gasteiger partial charge >= 0.3 is 0 Å². The fourth-order valence-corrected chi connectivity index (χ4v) is 3.49. The lowest BCUT2D eigenvalue weighted by Gasteiger charge is -2.29. The molecule has 1 aliphatic heterocycles. The van der Waals surface area contributed by atoms with Gasteiger partial charge in [-0.05, 0) is 74.0 Å². The number of nitrogens with zero attached hydrogens (tertiary/aromatic N) is 1. The van der Waals surface area contributed by atoms with Crippen LogP contribution in [0.15, 0.2) is 66.7 Å². The third-order valence-electron chi connectivity index (χ3n) is 5.31. The zero-order valence-electron chi connectivity index (χ0n) is 18.5. The molecular weight excluding hydrogens is 404 g/mol. The number of hydrogen-bond acceptors (Lipinski definition) is 5. The summed E-state index contributed by atoms with van der Waals surface area (Å²) in [5.41, 5.74) is 4.13. The molecule has 0 atom stereocenters. The molecule has 1 saturated heterocycles. The summed E-state index contributed by atoms with van der Waals surface area (Å²) in [4.78, 5) is 14.7. The molecule has 0 radical (unpaired) electrons. The number of carbonyl (C=O) groups is 1. The van der Waals surface area contributed by atoms with E-state index in [0.717, 1.165) is 49.0 Å². The maximum absolute atomic E-state index is 12.4. The Morgan fingerprint density at radius 2 is 1.53 bits per heavy atom. The minimum absolute atomic E-state index is 0.0666. The minimum atomic E-state index is -0.202. The van der Waals surface area contributed by atoms with Gasteiger partial charge in [0.1, 0.15) is 17.2 Å². The molecule has 6 heteroatoms. The first kappa shape index (κ1) is 21.7. The number of morpholine rings is 1. The van der Waals surface area contributed by atoms with E-state index >= 15 is 0 Å². The third-order valence-corrected chi connectivity index (χ3v) is 5.31. The summed E-state index contributed by atoms with van der Waals surface area (Å²) in [5.74, 6) is 1.89. The van der Waals surface area contributed by atoms with E-state index in [1.807, 2.05) is 62.4 Å². The molecule has 0 spiro atoms. The highest BCUT2D eigenvalue weighted by Gasteiger charge is 2.13. The number of aryl methyl sites for hydroxylation is 2. The van der Waals surface area contributed by atoms with E-state index < -0.39 is 0 Å². The van der Waals surface area contributed by atoms with Gasteiger partial charge in [0, 0.05) is 24.5 Å². The molecule has 0 saturated carbocycles. The van der Waals surface area contributed by atoms with Crippen molar-refractivity contribution in [2.45, 2.75) is 13.8 Å². The molecule has 0 aliphatic carbocycles. The van der Waals surface area contributed by atoms with Crippen molar-refractivity contribution in [3.8, 4) is 17.2 Å². The van der Waals surface area contributed by atoms with Gasteiger partial charge in [-0.15, -0.1) is 0 Å². The Balaban J connectivity index is 1.27. The molecule has 3 aromatic carbocycles. The van der Waals surface area contributed by atoms with Gasteiger partial charge in [0.2, 0.25) is 0 Å². The molecule has 3 aromatic rings. The van der Waals surface area contributed by atoms with Crippen LogP contribution in [0.1, 0.15) is 11.1 Å². The van der Waals surface area contributed by atoms with Crippen molar-refractivity contribution >= 4 is 17.3 Å². The van der Waals surface area contributed by atoms with E-state index in [2.05, 4.69) is 16.3 Å². The van der Waals surface area contributed by atoms with Crippen LogP contribution in [-0.2, 0) is 9.53 Å². The van der Waals surface area contributed by atoms with Gasteiger partial charge < -0.3 is 24.4 Å². The predicted molar refractivity (Wildman–Crippen MR) is 126 cm³/mol. The topological polar surface area (TPSA) is 60.0 Å². The highest BCUT2D eigenvalue weighted by molar-refractivity contribution is 5.92. The molecule has 32 heavy (non-hydrogen) atoms. The Bertz CT molecular complexity index is 1040. The number of amides is 1. The lowest BCUT2D eigenvalue weighted by Crippen LogP contribution is -2.36. The van der Waals surface area contributed by atoms with Crippen LogP contribution in [0.5, 0.6) is 17.2 Å². The Labute approximate surface area is 188 Å². The van der Waals surface area contributed by atoms with Crippen LogP contribution in [0.2, 0.25) is 0 Å². The van der Waals surface area contributed by atoms with Gasteiger partial charge in [-0.2, -0.15) is 0 Å². The summed E-state index contributed by atoms with van der Waals surface area (Å²) in [7, 11) is 0. The zero-order chi connectivity index (χ0) is 22.3. The molecule has 6 nitrogen and oxygen atoms in total.